The Morgan fingerprint density at radius 2 is 1.07 bits per heavy atom. The molecule has 41 heavy (non-hydrogen) atoms. The van der Waals surface area contributed by atoms with Crippen LogP contribution in [-0.2, 0) is 43.5 Å². The number of non-ortho nitro benzene ring substituents is 1. The number of nitro benzene ring substituents is 1. The standard InChI is InChI=1S/C32H29NO8/c34-30(26-16-18-27(19-17-26)33(35)36)40-32-29(38-21-24-12-6-2-7-13-24)28(37-20-23-10-4-1-5-11-23)31(41-32)39-22-25-14-8-3-9-15-25/h1-19,28-29,31-32H,20-22H2/t28-,29-,31-,32?/m0/s1. The number of nitro groups is 1. The number of rotatable bonds is 12. The zero-order chi connectivity index (χ0) is 28.4. The molecule has 1 saturated heterocycles. The molecule has 0 aromatic heterocycles. The third-order valence-corrected chi connectivity index (χ3v) is 6.49. The summed E-state index contributed by atoms with van der Waals surface area (Å²) >= 11 is 0. The van der Waals surface area contributed by atoms with Crippen molar-refractivity contribution in [3.63, 3.8) is 0 Å². The highest BCUT2D eigenvalue weighted by Gasteiger charge is 2.49. The van der Waals surface area contributed by atoms with E-state index in [1.165, 1.54) is 24.3 Å². The van der Waals surface area contributed by atoms with Crippen molar-refractivity contribution < 1.29 is 33.4 Å². The molecule has 0 radical (unpaired) electrons. The monoisotopic (exact) mass is 555 g/mol. The molecule has 1 heterocycles. The van der Waals surface area contributed by atoms with Gasteiger partial charge in [-0.3, -0.25) is 10.1 Å². The van der Waals surface area contributed by atoms with E-state index in [2.05, 4.69) is 0 Å². The van der Waals surface area contributed by atoms with Crippen LogP contribution in [0.25, 0.3) is 0 Å². The first-order valence-corrected chi connectivity index (χ1v) is 13.1. The van der Waals surface area contributed by atoms with Crippen LogP contribution in [0, 0.1) is 10.1 Å². The summed E-state index contributed by atoms with van der Waals surface area (Å²) in [6, 6.07) is 34.0. The van der Waals surface area contributed by atoms with Gasteiger partial charge in [0.15, 0.2) is 12.4 Å². The van der Waals surface area contributed by atoms with Gasteiger partial charge in [0.1, 0.15) is 6.10 Å². The van der Waals surface area contributed by atoms with E-state index in [0.717, 1.165) is 16.7 Å². The van der Waals surface area contributed by atoms with Crippen LogP contribution in [0.15, 0.2) is 115 Å². The maximum Gasteiger partial charge on any atom is 0.340 e. The molecular formula is C32H29NO8. The molecular weight excluding hydrogens is 526 g/mol. The predicted octanol–water partition coefficient (Wildman–Crippen LogP) is 5.82. The van der Waals surface area contributed by atoms with Gasteiger partial charge in [-0.1, -0.05) is 91.0 Å². The fourth-order valence-corrected chi connectivity index (χ4v) is 4.35. The van der Waals surface area contributed by atoms with Crippen LogP contribution in [0.2, 0.25) is 0 Å². The molecule has 0 bridgehead atoms. The van der Waals surface area contributed by atoms with E-state index in [9.17, 15) is 14.9 Å². The van der Waals surface area contributed by atoms with Crippen LogP contribution in [0.4, 0.5) is 5.69 Å². The minimum atomic E-state index is -1.16. The number of hydrogen-bond acceptors (Lipinski definition) is 8. The topological polar surface area (TPSA) is 106 Å². The van der Waals surface area contributed by atoms with Crippen molar-refractivity contribution in [2.24, 2.45) is 0 Å². The van der Waals surface area contributed by atoms with E-state index < -0.39 is 35.7 Å². The predicted molar refractivity (Wildman–Crippen MR) is 148 cm³/mol. The normalized spacial score (nSPS) is 20.0. The molecule has 0 aliphatic carbocycles. The second-order valence-corrected chi connectivity index (χ2v) is 9.40. The van der Waals surface area contributed by atoms with Gasteiger partial charge in [-0.15, -0.1) is 0 Å². The lowest BCUT2D eigenvalue weighted by atomic mass is 10.2. The smallest absolute Gasteiger partial charge is 0.340 e. The van der Waals surface area contributed by atoms with Gasteiger partial charge in [-0.25, -0.2) is 4.79 Å². The third-order valence-electron chi connectivity index (χ3n) is 6.49. The number of carbonyl (C=O) groups is 1. The fourth-order valence-electron chi connectivity index (χ4n) is 4.35. The molecule has 9 heteroatoms. The number of ether oxygens (including phenoxy) is 5. The number of hydrogen-bond donors (Lipinski definition) is 0. The first-order valence-electron chi connectivity index (χ1n) is 13.1. The van der Waals surface area contributed by atoms with Crippen molar-refractivity contribution in [1.82, 2.24) is 0 Å². The lowest BCUT2D eigenvalue weighted by Gasteiger charge is -2.24. The molecule has 1 aliphatic heterocycles. The number of benzene rings is 4. The van der Waals surface area contributed by atoms with Crippen molar-refractivity contribution in [3.05, 3.63) is 148 Å². The Morgan fingerprint density at radius 3 is 1.54 bits per heavy atom. The van der Waals surface area contributed by atoms with Gasteiger partial charge in [0.25, 0.3) is 5.69 Å². The summed E-state index contributed by atoms with van der Waals surface area (Å²) in [5.41, 5.74) is 2.81. The molecule has 4 atom stereocenters. The fraction of sp³-hybridized carbons (Fsp3) is 0.219. The van der Waals surface area contributed by atoms with E-state index >= 15 is 0 Å². The van der Waals surface area contributed by atoms with Gasteiger partial charge >= 0.3 is 5.97 Å². The van der Waals surface area contributed by atoms with Gasteiger partial charge in [0.2, 0.25) is 6.29 Å². The van der Waals surface area contributed by atoms with Crippen LogP contribution < -0.4 is 0 Å². The molecule has 0 spiro atoms. The highest BCUT2D eigenvalue weighted by Crippen LogP contribution is 2.31. The second kappa shape index (κ2) is 13.8. The zero-order valence-electron chi connectivity index (χ0n) is 22.1. The Hall–Kier alpha value is -4.41. The van der Waals surface area contributed by atoms with E-state index in [0.29, 0.717) is 0 Å². The Bertz CT molecular complexity index is 1400. The average Bonchev–Trinajstić information content (AvgIpc) is 3.34. The molecule has 4 aromatic carbocycles. The molecule has 1 fully saturated rings. The Balaban J connectivity index is 1.37. The van der Waals surface area contributed by atoms with Crippen LogP contribution in [0.1, 0.15) is 27.0 Å². The molecule has 1 aliphatic rings. The summed E-state index contributed by atoms with van der Waals surface area (Å²) in [5.74, 6) is -0.719. The first kappa shape index (κ1) is 28.1. The van der Waals surface area contributed by atoms with Gasteiger partial charge < -0.3 is 23.7 Å². The molecule has 1 unspecified atom stereocenters. The molecule has 210 valence electrons. The van der Waals surface area contributed by atoms with Gasteiger partial charge in [0, 0.05) is 12.1 Å². The van der Waals surface area contributed by atoms with E-state index in [4.69, 9.17) is 23.7 Å². The highest BCUT2D eigenvalue weighted by atomic mass is 16.8. The average molecular weight is 556 g/mol. The van der Waals surface area contributed by atoms with Gasteiger partial charge in [-0.05, 0) is 28.8 Å². The largest absolute Gasteiger partial charge is 0.429 e. The number of carbonyl (C=O) groups excluding carboxylic acids is 1. The van der Waals surface area contributed by atoms with Crippen molar-refractivity contribution in [3.8, 4) is 0 Å². The molecule has 0 amide bonds. The summed E-state index contributed by atoms with van der Waals surface area (Å²) in [7, 11) is 0. The number of nitrogens with zero attached hydrogens (tertiary/aromatic N) is 1. The van der Waals surface area contributed by atoms with E-state index in [-0.39, 0.29) is 31.1 Å². The van der Waals surface area contributed by atoms with E-state index in [1.807, 2.05) is 91.0 Å². The van der Waals surface area contributed by atoms with Crippen LogP contribution in [0.3, 0.4) is 0 Å². The number of esters is 1. The highest BCUT2D eigenvalue weighted by molar-refractivity contribution is 5.89. The lowest BCUT2D eigenvalue weighted by molar-refractivity contribution is -0.384. The quantitative estimate of drug-likeness (QED) is 0.122. The lowest BCUT2D eigenvalue weighted by Crippen LogP contribution is -2.39. The summed E-state index contributed by atoms with van der Waals surface area (Å²) < 4.78 is 30.6. The third kappa shape index (κ3) is 7.62. The molecule has 0 saturated carbocycles. The summed E-state index contributed by atoms with van der Waals surface area (Å²) in [4.78, 5) is 23.5. The second-order valence-electron chi connectivity index (χ2n) is 9.40. The van der Waals surface area contributed by atoms with Crippen molar-refractivity contribution in [2.75, 3.05) is 0 Å². The first-order chi connectivity index (χ1) is 20.1. The Kier molecular flexibility index (Phi) is 9.45. The minimum Gasteiger partial charge on any atom is -0.429 e. The molecule has 5 rings (SSSR count). The Labute approximate surface area is 237 Å². The molecule has 4 aromatic rings. The van der Waals surface area contributed by atoms with Gasteiger partial charge in [-0.2, -0.15) is 0 Å². The van der Waals surface area contributed by atoms with Crippen LogP contribution in [0.5, 0.6) is 0 Å². The van der Waals surface area contributed by atoms with Crippen LogP contribution >= 0.6 is 0 Å². The Morgan fingerprint density at radius 1 is 0.634 bits per heavy atom. The minimum absolute atomic E-state index is 0.133. The SMILES string of the molecule is O=C(OC1O[C@H](OCc2ccccc2)[C@@H](OCc2ccccc2)[C@@H]1OCc1ccccc1)c1ccc([N+](=O)[O-])cc1. The van der Waals surface area contributed by atoms with Crippen molar-refractivity contribution >= 4 is 11.7 Å². The van der Waals surface area contributed by atoms with Crippen LogP contribution in [-0.4, -0.2) is 35.7 Å². The summed E-state index contributed by atoms with van der Waals surface area (Å²) in [5, 5.41) is 11.0. The van der Waals surface area contributed by atoms with Crippen molar-refractivity contribution in [1.29, 1.82) is 0 Å². The van der Waals surface area contributed by atoms with E-state index in [1.54, 1.807) is 0 Å². The summed E-state index contributed by atoms with van der Waals surface area (Å²) in [6.07, 6.45) is -3.64. The van der Waals surface area contributed by atoms with Crippen molar-refractivity contribution in [2.45, 2.75) is 44.6 Å². The van der Waals surface area contributed by atoms with Gasteiger partial charge in [0.05, 0.1) is 30.3 Å². The molecule has 0 N–H and O–H groups in total. The maximum absolute atomic E-state index is 13.1. The zero-order valence-corrected chi connectivity index (χ0v) is 22.1. The maximum atomic E-state index is 13.1. The molecule has 9 nitrogen and oxygen atoms in total. The summed E-state index contributed by atoms with van der Waals surface area (Å²) in [6.45, 7) is 0.719.